The molecule has 0 unspecified atom stereocenters. The van der Waals surface area contributed by atoms with Gasteiger partial charge in [0.2, 0.25) is 0 Å². The average Bonchev–Trinajstić information content (AvgIpc) is 2.24. The van der Waals surface area contributed by atoms with E-state index in [0.29, 0.717) is 12.5 Å². The summed E-state index contributed by atoms with van der Waals surface area (Å²) in [7, 11) is 1.67. The Balaban J connectivity index is 2.76. The quantitative estimate of drug-likeness (QED) is 0.638. The zero-order chi connectivity index (χ0) is 13.8. The highest BCUT2D eigenvalue weighted by molar-refractivity contribution is 5.78. The summed E-state index contributed by atoms with van der Waals surface area (Å²) in [5, 5.41) is 3.13. The zero-order valence-corrected chi connectivity index (χ0v) is 11.9. The van der Waals surface area contributed by atoms with E-state index in [1.54, 1.807) is 7.11 Å². The van der Waals surface area contributed by atoms with Crippen molar-refractivity contribution in [3.8, 4) is 5.75 Å². The second kappa shape index (κ2) is 5.76. The van der Waals surface area contributed by atoms with E-state index < -0.39 is 0 Å². The molecule has 0 saturated heterocycles. The lowest BCUT2D eigenvalue weighted by atomic mass is 10.1. The smallest absolute Gasteiger partial charge is 0.189 e. The molecule has 0 aliphatic rings. The fourth-order valence-electron chi connectivity index (χ4n) is 1.58. The van der Waals surface area contributed by atoms with Gasteiger partial charge in [-0.05, 0) is 39.3 Å². The van der Waals surface area contributed by atoms with Gasteiger partial charge in [0.15, 0.2) is 5.96 Å². The third-order valence-electron chi connectivity index (χ3n) is 2.37. The summed E-state index contributed by atoms with van der Waals surface area (Å²) in [6.45, 7) is 8.68. The summed E-state index contributed by atoms with van der Waals surface area (Å²) in [6.07, 6.45) is 0. The van der Waals surface area contributed by atoms with E-state index in [0.717, 1.165) is 11.3 Å². The molecule has 0 aromatic heterocycles. The number of hydrogen-bond acceptors (Lipinski definition) is 2. The molecule has 1 rings (SSSR count). The first-order valence-corrected chi connectivity index (χ1v) is 6.03. The van der Waals surface area contributed by atoms with Crippen LogP contribution in [0, 0.1) is 6.92 Å². The maximum Gasteiger partial charge on any atom is 0.189 e. The highest BCUT2D eigenvalue weighted by atomic mass is 16.5. The monoisotopic (exact) mass is 249 g/mol. The second-order valence-corrected chi connectivity index (χ2v) is 5.39. The molecule has 1 aromatic carbocycles. The predicted molar refractivity (Wildman–Crippen MR) is 75.9 cm³/mol. The van der Waals surface area contributed by atoms with Gasteiger partial charge < -0.3 is 15.8 Å². The molecule has 0 aliphatic carbocycles. The van der Waals surface area contributed by atoms with Crippen LogP contribution in [0.1, 0.15) is 31.9 Å². The topological polar surface area (TPSA) is 59.6 Å². The molecule has 0 heterocycles. The first kappa shape index (κ1) is 14.4. The van der Waals surface area contributed by atoms with Crippen molar-refractivity contribution in [3.63, 3.8) is 0 Å². The predicted octanol–water partition coefficient (Wildman–Crippen LogP) is 2.21. The van der Waals surface area contributed by atoms with Gasteiger partial charge >= 0.3 is 0 Å². The van der Waals surface area contributed by atoms with E-state index >= 15 is 0 Å². The van der Waals surface area contributed by atoms with Gasteiger partial charge in [-0.25, -0.2) is 4.99 Å². The minimum atomic E-state index is -0.0784. The zero-order valence-electron chi connectivity index (χ0n) is 11.9. The van der Waals surface area contributed by atoms with E-state index in [1.165, 1.54) is 5.56 Å². The van der Waals surface area contributed by atoms with Crippen LogP contribution in [0.2, 0.25) is 0 Å². The van der Waals surface area contributed by atoms with Gasteiger partial charge in [-0.2, -0.15) is 0 Å². The van der Waals surface area contributed by atoms with Crippen LogP contribution in [-0.2, 0) is 6.54 Å². The maximum atomic E-state index is 5.83. The summed E-state index contributed by atoms with van der Waals surface area (Å²) in [5.41, 5.74) is 7.95. The van der Waals surface area contributed by atoms with Crippen LogP contribution in [0.25, 0.3) is 0 Å². The summed E-state index contributed by atoms with van der Waals surface area (Å²) in [4.78, 5) is 4.32. The number of nitrogens with zero attached hydrogens (tertiary/aromatic N) is 1. The molecule has 0 fully saturated rings. The largest absolute Gasteiger partial charge is 0.496 e. The standard InChI is InChI=1S/C14H23N3O/c1-10-6-7-11(12(8-10)18-5)9-16-13(15)17-14(2,3)4/h6-8H,9H2,1-5H3,(H3,15,16,17). The number of rotatable bonds is 3. The number of nitrogens with two attached hydrogens (primary N) is 1. The summed E-state index contributed by atoms with van der Waals surface area (Å²) in [5.74, 6) is 1.30. The molecule has 0 bridgehead atoms. The maximum absolute atomic E-state index is 5.83. The second-order valence-electron chi connectivity index (χ2n) is 5.39. The molecule has 1 aromatic rings. The number of hydrogen-bond donors (Lipinski definition) is 2. The molecule has 4 nitrogen and oxygen atoms in total. The fourth-order valence-corrected chi connectivity index (χ4v) is 1.58. The van der Waals surface area contributed by atoms with Crippen molar-refractivity contribution < 1.29 is 4.74 Å². The summed E-state index contributed by atoms with van der Waals surface area (Å²) >= 11 is 0. The van der Waals surface area contributed by atoms with Crippen molar-refractivity contribution >= 4 is 5.96 Å². The van der Waals surface area contributed by atoms with Crippen LogP contribution < -0.4 is 15.8 Å². The Hall–Kier alpha value is -1.71. The lowest BCUT2D eigenvalue weighted by Crippen LogP contribution is -2.44. The summed E-state index contributed by atoms with van der Waals surface area (Å²) in [6, 6.07) is 6.06. The van der Waals surface area contributed by atoms with Crippen molar-refractivity contribution in [2.45, 2.75) is 39.8 Å². The normalized spacial score (nSPS) is 12.4. The van der Waals surface area contributed by atoms with Crippen molar-refractivity contribution in [3.05, 3.63) is 29.3 Å². The van der Waals surface area contributed by atoms with E-state index in [-0.39, 0.29) is 5.54 Å². The number of aliphatic imine (C=N–C) groups is 1. The van der Waals surface area contributed by atoms with Crippen LogP contribution in [0.15, 0.2) is 23.2 Å². The van der Waals surface area contributed by atoms with Gasteiger partial charge in [0.05, 0.1) is 13.7 Å². The number of ether oxygens (including phenoxy) is 1. The number of nitrogens with one attached hydrogen (secondary N) is 1. The molecular formula is C14H23N3O. The molecule has 3 N–H and O–H groups in total. The molecule has 0 amide bonds. The number of guanidine groups is 1. The van der Waals surface area contributed by atoms with Gasteiger partial charge in [0.1, 0.15) is 5.75 Å². The van der Waals surface area contributed by atoms with Crippen LogP contribution in [0.4, 0.5) is 0 Å². The number of methoxy groups -OCH3 is 1. The van der Waals surface area contributed by atoms with Crippen LogP contribution in [-0.4, -0.2) is 18.6 Å². The molecule has 0 radical (unpaired) electrons. The van der Waals surface area contributed by atoms with E-state index in [9.17, 15) is 0 Å². The Morgan fingerprint density at radius 2 is 2.06 bits per heavy atom. The highest BCUT2D eigenvalue weighted by Crippen LogP contribution is 2.20. The lowest BCUT2D eigenvalue weighted by Gasteiger charge is -2.21. The van der Waals surface area contributed by atoms with Crippen LogP contribution in [0.5, 0.6) is 5.75 Å². The number of aryl methyl sites for hydroxylation is 1. The van der Waals surface area contributed by atoms with Gasteiger partial charge in [-0.1, -0.05) is 12.1 Å². The highest BCUT2D eigenvalue weighted by Gasteiger charge is 2.10. The molecule has 0 atom stereocenters. The van der Waals surface area contributed by atoms with Crippen molar-refractivity contribution in [2.75, 3.05) is 7.11 Å². The molecular weight excluding hydrogens is 226 g/mol. The Kier molecular flexibility index (Phi) is 4.59. The summed E-state index contributed by atoms with van der Waals surface area (Å²) < 4.78 is 5.33. The van der Waals surface area contributed by atoms with E-state index in [4.69, 9.17) is 10.5 Å². The van der Waals surface area contributed by atoms with Crippen molar-refractivity contribution in [1.29, 1.82) is 0 Å². The molecule has 0 saturated carbocycles. The molecule has 100 valence electrons. The van der Waals surface area contributed by atoms with Crippen LogP contribution >= 0.6 is 0 Å². The molecule has 4 heteroatoms. The Morgan fingerprint density at radius 1 is 1.39 bits per heavy atom. The fraction of sp³-hybridized carbons (Fsp3) is 0.500. The number of benzene rings is 1. The molecule has 0 aliphatic heterocycles. The van der Waals surface area contributed by atoms with Gasteiger partial charge in [-0.3, -0.25) is 0 Å². The molecule has 18 heavy (non-hydrogen) atoms. The third kappa shape index (κ3) is 4.65. The van der Waals surface area contributed by atoms with Crippen molar-refractivity contribution in [2.24, 2.45) is 10.7 Å². The van der Waals surface area contributed by atoms with Gasteiger partial charge in [0.25, 0.3) is 0 Å². The van der Waals surface area contributed by atoms with Crippen molar-refractivity contribution in [1.82, 2.24) is 5.32 Å². The third-order valence-corrected chi connectivity index (χ3v) is 2.37. The SMILES string of the molecule is COc1cc(C)ccc1CN=C(N)NC(C)(C)C. The average molecular weight is 249 g/mol. The minimum absolute atomic E-state index is 0.0784. The Labute approximate surface area is 109 Å². The first-order chi connectivity index (χ1) is 8.31. The lowest BCUT2D eigenvalue weighted by molar-refractivity contribution is 0.409. The Morgan fingerprint density at radius 3 is 2.61 bits per heavy atom. The van der Waals surface area contributed by atoms with E-state index in [1.807, 2.05) is 45.9 Å². The minimum Gasteiger partial charge on any atom is -0.496 e. The Bertz CT molecular complexity index is 433. The van der Waals surface area contributed by atoms with E-state index in [2.05, 4.69) is 10.3 Å². The van der Waals surface area contributed by atoms with Gasteiger partial charge in [-0.15, -0.1) is 0 Å². The van der Waals surface area contributed by atoms with Gasteiger partial charge in [0, 0.05) is 11.1 Å². The first-order valence-electron chi connectivity index (χ1n) is 6.03. The molecule has 0 spiro atoms. The van der Waals surface area contributed by atoms with Crippen LogP contribution in [0.3, 0.4) is 0 Å².